The maximum atomic E-state index is 13.4. The van der Waals surface area contributed by atoms with Gasteiger partial charge in [0.2, 0.25) is 0 Å². The van der Waals surface area contributed by atoms with Crippen LogP contribution >= 0.6 is 0 Å². The minimum atomic E-state index is -0.628. The second-order valence-corrected chi connectivity index (χ2v) is 9.55. The number of nitrogens with zero attached hydrogens (tertiary/aromatic N) is 4. The van der Waals surface area contributed by atoms with Crippen LogP contribution in [0.1, 0.15) is 40.1 Å². The molecule has 0 radical (unpaired) electrons. The summed E-state index contributed by atoms with van der Waals surface area (Å²) in [5.74, 6) is 2.23. The van der Waals surface area contributed by atoms with Crippen LogP contribution in [0.3, 0.4) is 0 Å². The quantitative estimate of drug-likeness (QED) is 0.399. The van der Waals surface area contributed by atoms with Crippen molar-refractivity contribution in [3.63, 3.8) is 0 Å². The number of fused-ring (bicyclic) bond motifs is 2. The standard InChI is InChI=1S/C29H26N4O5/c1-36-19-5-6-22-20(15-19)26(37-2)16-23(32-22)28(35)33-12-8-29(9-13-33)17-24(34)21-14-18(4-7-25(21)38-29)27-30-10-3-11-31-27/h3-7,10-11,14-16H,8-9,12-13,17H2,1-2H3. The van der Waals surface area contributed by atoms with E-state index in [4.69, 9.17) is 14.2 Å². The topological polar surface area (TPSA) is 104 Å². The van der Waals surface area contributed by atoms with Gasteiger partial charge in [0.15, 0.2) is 11.6 Å². The number of ketones is 1. The molecule has 38 heavy (non-hydrogen) atoms. The summed E-state index contributed by atoms with van der Waals surface area (Å²) in [5.41, 5.74) is 1.66. The first-order chi connectivity index (χ1) is 18.5. The SMILES string of the molecule is COc1ccc2nc(C(=O)N3CCC4(CC3)CC(=O)c3cc(-c5ncccn5)ccc3O4)cc(OC)c2c1. The zero-order chi connectivity index (χ0) is 26.3. The highest BCUT2D eigenvalue weighted by atomic mass is 16.5. The first-order valence-corrected chi connectivity index (χ1v) is 12.4. The normalized spacial score (nSPS) is 16.2. The molecule has 0 aliphatic carbocycles. The molecule has 2 aliphatic rings. The smallest absolute Gasteiger partial charge is 0.272 e. The second-order valence-electron chi connectivity index (χ2n) is 9.55. The van der Waals surface area contributed by atoms with Crippen LogP contribution in [0.5, 0.6) is 17.2 Å². The predicted molar refractivity (Wildman–Crippen MR) is 140 cm³/mol. The third-order valence-electron chi connectivity index (χ3n) is 7.29. The molecule has 1 saturated heterocycles. The van der Waals surface area contributed by atoms with E-state index in [1.165, 1.54) is 0 Å². The van der Waals surface area contributed by atoms with Crippen LogP contribution in [-0.2, 0) is 0 Å². The number of pyridine rings is 1. The van der Waals surface area contributed by atoms with E-state index in [9.17, 15) is 9.59 Å². The van der Waals surface area contributed by atoms with Gasteiger partial charge in [-0.1, -0.05) is 0 Å². The van der Waals surface area contributed by atoms with E-state index in [0.29, 0.717) is 65.8 Å². The number of Topliss-reactive ketones (excluding diaryl/α,β-unsaturated/α-hetero) is 1. The lowest BCUT2D eigenvalue weighted by atomic mass is 9.82. The molecule has 6 rings (SSSR count). The summed E-state index contributed by atoms with van der Waals surface area (Å²) in [6, 6.07) is 14.4. The summed E-state index contributed by atoms with van der Waals surface area (Å²) in [5, 5.41) is 0.774. The Labute approximate surface area is 219 Å². The fourth-order valence-electron chi connectivity index (χ4n) is 5.22. The average molecular weight is 511 g/mol. The molecular weight excluding hydrogens is 484 g/mol. The molecule has 0 saturated carbocycles. The van der Waals surface area contributed by atoms with Gasteiger partial charge in [-0.3, -0.25) is 9.59 Å². The van der Waals surface area contributed by atoms with Crippen molar-refractivity contribution in [2.45, 2.75) is 24.9 Å². The van der Waals surface area contributed by atoms with Crippen LogP contribution in [0.2, 0.25) is 0 Å². The van der Waals surface area contributed by atoms with Gasteiger partial charge in [-0.2, -0.15) is 0 Å². The fourth-order valence-corrected chi connectivity index (χ4v) is 5.22. The van der Waals surface area contributed by atoms with Gasteiger partial charge < -0.3 is 19.1 Å². The highest BCUT2D eigenvalue weighted by molar-refractivity contribution is 6.01. The summed E-state index contributed by atoms with van der Waals surface area (Å²) in [6.07, 6.45) is 4.71. The van der Waals surface area contributed by atoms with Gasteiger partial charge in [0.1, 0.15) is 28.5 Å². The fraction of sp³-hybridized carbons (Fsp3) is 0.276. The molecule has 0 unspecified atom stereocenters. The minimum Gasteiger partial charge on any atom is -0.497 e. The highest BCUT2D eigenvalue weighted by Gasteiger charge is 2.44. The molecule has 0 N–H and O–H groups in total. The van der Waals surface area contributed by atoms with E-state index < -0.39 is 5.60 Å². The Morgan fingerprint density at radius 2 is 1.79 bits per heavy atom. The van der Waals surface area contributed by atoms with Crippen molar-refractivity contribution < 1.29 is 23.8 Å². The Kier molecular flexibility index (Phi) is 5.90. The maximum Gasteiger partial charge on any atom is 0.272 e. The number of rotatable bonds is 4. The lowest BCUT2D eigenvalue weighted by Crippen LogP contribution is -2.52. The average Bonchev–Trinajstić information content (AvgIpc) is 2.96. The van der Waals surface area contributed by atoms with Gasteiger partial charge in [0, 0.05) is 55.3 Å². The Morgan fingerprint density at radius 1 is 1.00 bits per heavy atom. The molecule has 2 aromatic heterocycles. The lowest BCUT2D eigenvalue weighted by Gasteiger charge is -2.44. The number of amides is 1. The van der Waals surface area contributed by atoms with Crippen LogP contribution < -0.4 is 14.2 Å². The van der Waals surface area contributed by atoms with E-state index in [-0.39, 0.29) is 18.1 Å². The predicted octanol–water partition coefficient (Wildman–Crippen LogP) is 4.35. The van der Waals surface area contributed by atoms with Crippen LogP contribution in [0, 0.1) is 0 Å². The summed E-state index contributed by atoms with van der Waals surface area (Å²) < 4.78 is 17.3. The van der Waals surface area contributed by atoms with Crippen molar-refractivity contribution in [3.8, 4) is 28.6 Å². The van der Waals surface area contributed by atoms with Crippen LogP contribution in [-0.4, -0.2) is 64.5 Å². The number of carbonyl (C=O) groups excluding carboxylic acids is 2. The number of hydrogen-bond donors (Lipinski definition) is 0. The molecule has 1 fully saturated rings. The monoisotopic (exact) mass is 510 g/mol. The molecule has 9 nitrogen and oxygen atoms in total. The summed E-state index contributed by atoms with van der Waals surface area (Å²) >= 11 is 0. The van der Waals surface area contributed by atoms with E-state index in [1.54, 1.807) is 55.8 Å². The Balaban J connectivity index is 1.19. The van der Waals surface area contributed by atoms with Crippen molar-refractivity contribution in [3.05, 3.63) is 72.2 Å². The van der Waals surface area contributed by atoms with Crippen molar-refractivity contribution in [1.82, 2.24) is 19.9 Å². The Hall–Kier alpha value is -4.53. The van der Waals surface area contributed by atoms with Gasteiger partial charge in [0.25, 0.3) is 5.91 Å². The first kappa shape index (κ1) is 23.8. The number of aromatic nitrogens is 3. The molecule has 4 heterocycles. The minimum absolute atomic E-state index is 0.0279. The van der Waals surface area contributed by atoms with E-state index >= 15 is 0 Å². The number of ether oxygens (including phenoxy) is 3. The Morgan fingerprint density at radius 3 is 2.53 bits per heavy atom. The zero-order valence-electron chi connectivity index (χ0n) is 21.1. The number of carbonyl (C=O) groups is 2. The Bertz CT molecular complexity index is 1550. The molecular formula is C29H26N4O5. The molecule has 0 atom stereocenters. The van der Waals surface area contributed by atoms with Crippen LogP contribution in [0.15, 0.2) is 60.9 Å². The zero-order valence-corrected chi connectivity index (χ0v) is 21.1. The number of piperidine rings is 1. The molecule has 192 valence electrons. The van der Waals surface area contributed by atoms with Gasteiger partial charge in [-0.05, 0) is 42.5 Å². The molecule has 2 aromatic carbocycles. The van der Waals surface area contributed by atoms with Crippen LogP contribution in [0.4, 0.5) is 0 Å². The largest absolute Gasteiger partial charge is 0.497 e. The third-order valence-corrected chi connectivity index (χ3v) is 7.29. The molecule has 9 heteroatoms. The summed E-state index contributed by atoms with van der Waals surface area (Å²) in [6.45, 7) is 0.921. The summed E-state index contributed by atoms with van der Waals surface area (Å²) in [4.78, 5) is 41.5. The van der Waals surface area contributed by atoms with Crippen molar-refractivity contribution >= 4 is 22.6 Å². The maximum absolute atomic E-state index is 13.4. The molecule has 1 amide bonds. The molecule has 0 bridgehead atoms. The number of hydrogen-bond acceptors (Lipinski definition) is 8. The van der Waals surface area contributed by atoms with Gasteiger partial charge in [-0.25, -0.2) is 15.0 Å². The van der Waals surface area contributed by atoms with E-state index in [1.807, 2.05) is 24.3 Å². The van der Waals surface area contributed by atoms with Crippen molar-refractivity contribution in [1.29, 1.82) is 0 Å². The first-order valence-electron chi connectivity index (χ1n) is 12.4. The van der Waals surface area contributed by atoms with E-state index in [0.717, 1.165) is 10.9 Å². The van der Waals surface area contributed by atoms with E-state index in [2.05, 4.69) is 15.0 Å². The van der Waals surface area contributed by atoms with Crippen LogP contribution in [0.25, 0.3) is 22.3 Å². The second kappa shape index (κ2) is 9.41. The van der Waals surface area contributed by atoms with Gasteiger partial charge >= 0.3 is 0 Å². The number of likely N-dealkylation sites (tertiary alicyclic amines) is 1. The molecule has 1 spiro atoms. The number of methoxy groups -OCH3 is 2. The molecule has 4 aromatic rings. The molecule has 2 aliphatic heterocycles. The highest BCUT2D eigenvalue weighted by Crippen LogP contribution is 2.41. The van der Waals surface area contributed by atoms with Gasteiger partial charge in [-0.15, -0.1) is 0 Å². The van der Waals surface area contributed by atoms with Gasteiger partial charge in [0.05, 0.1) is 31.7 Å². The summed E-state index contributed by atoms with van der Waals surface area (Å²) in [7, 11) is 3.17. The van der Waals surface area contributed by atoms with Crippen molar-refractivity contribution in [2.75, 3.05) is 27.3 Å². The lowest BCUT2D eigenvalue weighted by molar-refractivity contribution is -0.00583. The third kappa shape index (κ3) is 4.19. The van der Waals surface area contributed by atoms with Crippen molar-refractivity contribution in [2.24, 2.45) is 0 Å². The number of benzene rings is 2.